The molecule has 0 radical (unpaired) electrons. The molecule has 0 bridgehead atoms. The summed E-state index contributed by atoms with van der Waals surface area (Å²) < 4.78 is 0. The molecule has 2 fully saturated rings. The van der Waals surface area contributed by atoms with Gasteiger partial charge in [0.05, 0.1) is 5.92 Å². The molecule has 24 heavy (non-hydrogen) atoms. The molecule has 3 rings (SSSR count). The number of likely N-dealkylation sites (tertiary alicyclic amines) is 1. The van der Waals surface area contributed by atoms with Crippen molar-refractivity contribution in [2.75, 3.05) is 18.4 Å². The highest BCUT2D eigenvalue weighted by Gasteiger charge is 2.30. The third-order valence-corrected chi connectivity index (χ3v) is 4.86. The summed E-state index contributed by atoms with van der Waals surface area (Å²) in [5, 5.41) is 12.6. The SMILES string of the molecule is CCc1nc(NC(=O)C2CCCN(C(=O)NC3CCCC3)C2)n[nH]1. The highest BCUT2D eigenvalue weighted by Crippen LogP contribution is 2.21. The van der Waals surface area contributed by atoms with Crippen molar-refractivity contribution >= 4 is 17.9 Å². The minimum atomic E-state index is -0.211. The molecule has 0 spiro atoms. The number of carbonyl (C=O) groups excluding carboxylic acids is 2. The Hall–Kier alpha value is -2.12. The van der Waals surface area contributed by atoms with Gasteiger partial charge >= 0.3 is 6.03 Å². The first-order chi connectivity index (χ1) is 11.7. The number of hydrogen-bond acceptors (Lipinski definition) is 4. The van der Waals surface area contributed by atoms with Gasteiger partial charge in [-0.1, -0.05) is 19.8 Å². The van der Waals surface area contributed by atoms with Crippen LogP contribution >= 0.6 is 0 Å². The molecule has 2 aliphatic rings. The first-order valence-electron chi connectivity index (χ1n) is 8.93. The van der Waals surface area contributed by atoms with Crippen LogP contribution in [0.15, 0.2) is 0 Å². The number of urea groups is 1. The maximum atomic E-state index is 12.4. The summed E-state index contributed by atoms with van der Waals surface area (Å²) in [5.41, 5.74) is 0. The number of H-pyrrole nitrogens is 1. The summed E-state index contributed by atoms with van der Waals surface area (Å²) in [4.78, 5) is 30.8. The first-order valence-corrected chi connectivity index (χ1v) is 8.93. The van der Waals surface area contributed by atoms with E-state index in [2.05, 4.69) is 25.8 Å². The van der Waals surface area contributed by atoms with E-state index in [1.165, 1.54) is 12.8 Å². The summed E-state index contributed by atoms with van der Waals surface area (Å²) in [6.07, 6.45) is 6.86. The molecular weight excluding hydrogens is 308 g/mol. The van der Waals surface area contributed by atoms with E-state index in [9.17, 15) is 9.59 Å². The average molecular weight is 334 g/mol. The quantitative estimate of drug-likeness (QED) is 0.779. The summed E-state index contributed by atoms with van der Waals surface area (Å²) >= 11 is 0. The van der Waals surface area contributed by atoms with Crippen LogP contribution in [0.4, 0.5) is 10.7 Å². The number of amides is 3. The zero-order chi connectivity index (χ0) is 16.9. The summed E-state index contributed by atoms with van der Waals surface area (Å²) in [6.45, 7) is 3.13. The number of aromatic amines is 1. The van der Waals surface area contributed by atoms with E-state index in [-0.39, 0.29) is 17.9 Å². The molecule has 2 heterocycles. The Balaban J connectivity index is 1.52. The van der Waals surface area contributed by atoms with Crippen molar-refractivity contribution in [3.05, 3.63) is 5.82 Å². The fourth-order valence-electron chi connectivity index (χ4n) is 3.43. The van der Waals surface area contributed by atoms with E-state index in [0.717, 1.165) is 37.9 Å². The van der Waals surface area contributed by atoms with E-state index in [4.69, 9.17) is 0 Å². The Morgan fingerprint density at radius 2 is 2.04 bits per heavy atom. The lowest BCUT2D eigenvalue weighted by Crippen LogP contribution is -2.49. The molecule has 1 aromatic rings. The second kappa shape index (κ2) is 7.63. The van der Waals surface area contributed by atoms with Crippen molar-refractivity contribution in [2.45, 2.75) is 57.9 Å². The van der Waals surface area contributed by atoms with Gasteiger partial charge in [0, 0.05) is 25.6 Å². The molecule has 0 aromatic carbocycles. The molecule has 3 N–H and O–H groups in total. The van der Waals surface area contributed by atoms with Crippen molar-refractivity contribution < 1.29 is 9.59 Å². The number of piperidine rings is 1. The second-order valence-electron chi connectivity index (χ2n) is 6.66. The molecular formula is C16H26N6O2. The molecule has 132 valence electrons. The lowest BCUT2D eigenvalue weighted by Gasteiger charge is -2.32. The second-order valence-corrected chi connectivity index (χ2v) is 6.66. The normalized spacial score (nSPS) is 21.7. The van der Waals surface area contributed by atoms with E-state index < -0.39 is 0 Å². The average Bonchev–Trinajstić information content (AvgIpc) is 3.26. The van der Waals surface area contributed by atoms with Gasteiger partial charge in [0.2, 0.25) is 11.9 Å². The van der Waals surface area contributed by atoms with Gasteiger partial charge in [-0.3, -0.25) is 15.2 Å². The van der Waals surface area contributed by atoms with Crippen LogP contribution < -0.4 is 10.6 Å². The van der Waals surface area contributed by atoms with E-state index in [1.807, 2.05) is 6.92 Å². The summed E-state index contributed by atoms with van der Waals surface area (Å²) in [5.74, 6) is 0.725. The predicted molar refractivity (Wildman–Crippen MR) is 89.5 cm³/mol. The molecule has 8 heteroatoms. The molecule has 3 amide bonds. The maximum Gasteiger partial charge on any atom is 0.317 e. The Morgan fingerprint density at radius 3 is 2.75 bits per heavy atom. The summed E-state index contributed by atoms with van der Waals surface area (Å²) in [7, 11) is 0. The lowest BCUT2D eigenvalue weighted by atomic mass is 9.97. The maximum absolute atomic E-state index is 12.4. The number of nitrogens with zero attached hydrogens (tertiary/aromatic N) is 3. The van der Waals surface area contributed by atoms with Crippen LogP contribution in [0.3, 0.4) is 0 Å². The van der Waals surface area contributed by atoms with Crippen LogP contribution in [-0.2, 0) is 11.2 Å². The molecule has 1 saturated heterocycles. The van der Waals surface area contributed by atoms with Crippen molar-refractivity contribution in [3.63, 3.8) is 0 Å². The van der Waals surface area contributed by atoms with Crippen LogP contribution in [0.1, 0.15) is 51.3 Å². The van der Waals surface area contributed by atoms with Gasteiger partial charge in [0.1, 0.15) is 5.82 Å². The van der Waals surface area contributed by atoms with Gasteiger partial charge in [-0.2, -0.15) is 4.98 Å². The Labute approximate surface area is 141 Å². The number of rotatable bonds is 4. The molecule has 8 nitrogen and oxygen atoms in total. The van der Waals surface area contributed by atoms with E-state index >= 15 is 0 Å². The number of anilines is 1. The van der Waals surface area contributed by atoms with Crippen LogP contribution in [0, 0.1) is 5.92 Å². The molecule has 1 aliphatic heterocycles. The predicted octanol–water partition coefficient (Wildman–Crippen LogP) is 1.67. The lowest BCUT2D eigenvalue weighted by molar-refractivity contribution is -0.121. The highest BCUT2D eigenvalue weighted by atomic mass is 16.2. The molecule has 1 saturated carbocycles. The Kier molecular flexibility index (Phi) is 5.32. The molecule has 1 unspecified atom stereocenters. The van der Waals surface area contributed by atoms with Gasteiger partial charge < -0.3 is 10.2 Å². The van der Waals surface area contributed by atoms with E-state index in [0.29, 0.717) is 25.1 Å². The van der Waals surface area contributed by atoms with Crippen LogP contribution in [0.2, 0.25) is 0 Å². The topological polar surface area (TPSA) is 103 Å². The Bertz CT molecular complexity index is 581. The van der Waals surface area contributed by atoms with E-state index in [1.54, 1.807) is 4.90 Å². The minimum Gasteiger partial charge on any atom is -0.335 e. The van der Waals surface area contributed by atoms with Gasteiger partial charge in [-0.25, -0.2) is 4.79 Å². The van der Waals surface area contributed by atoms with Crippen molar-refractivity contribution in [1.29, 1.82) is 0 Å². The number of aryl methyl sites for hydroxylation is 1. The highest BCUT2D eigenvalue weighted by molar-refractivity contribution is 5.91. The standard InChI is InChI=1S/C16H26N6O2/c1-2-13-18-15(21-20-13)19-14(23)11-6-5-9-22(10-11)16(24)17-12-7-3-4-8-12/h11-12H,2-10H2,1H3,(H,17,24)(H2,18,19,20,21,23). The molecule has 1 atom stereocenters. The first kappa shape index (κ1) is 16.7. The van der Waals surface area contributed by atoms with Crippen molar-refractivity contribution in [1.82, 2.24) is 25.4 Å². The number of nitrogens with one attached hydrogen (secondary N) is 3. The third kappa shape index (κ3) is 4.04. The van der Waals surface area contributed by atoms with Crippen molar-refractivity contribution in [2.24, 2.45) is 5.92 Å². The fraction of sp³-hybridized carbons (Fsp3) is 0.750. The smallest absolute Gasteiger partial charge is 0.317 e. The van der Waals surface area contributed by atoms with Crippen molar-refractivity contribution in [3.8, 4) is 0 Å². The summed E-state index contributed by atoms with van der Waals surface area (Å²) in [6, 6.07) is 0.262. The van der Waals surface area contributed by atoms with Gasteiger partial charge in [0.15, 0.2) is 0 Å². The number of aromatic nitrogens is 3. The largest absolute Gasteiger partial charge is 0.335 e. The number of carbonyl (C=O) groups is 2. The monoisotopic (exact) mass is 334 g/mol. The number of hydrogen-bond donors (Lipinski definition) is 3. The van der Waals surface area contributed by atoms with Gasteiger partial charge in [-0.15, -0.1) is 5.10 Å². The van der Waals surface area contributed by atoms with Crippen LogP contribution in [0.25, 0.3) is 0 Å². The fourth-order valence-corrected chi connectivity index (χ4v) is 3.43. The van der Waals surface area contributed by atoms with Gasteiger partial charge in [0.25, 0.3) is 0 Å². The Morgan fingerprint density at radius 1 is 1.25 bits per heavy atom. The zero-order valence-electron chi connectivity index (χ0n) is 14.2. The van der Waals surface area contributed by atoms with Crippen LogP contribution in [-0.4, -0.2) is 51.2 Å². The van der Waals surface area contributed by atoms with Crippen LogP contribution in [0.5, 0.6) is 0 Å². The zero-order valence-corrected chi connectivity index (χ0v) is 14.2. The molecule has 1 aliphatic carbocycles. The minimum absolute atomic E-state index is 0.0365. The van der Waals surface area contributed by atoms with Gasteiger partial charge in [-0.05, 0) is 25.7 Å². The third-order valence-electron chi connectivity index (χ3n) is 4.86. The molecule has 1 aromatic heterocycles.